The molecule has 0 unspecified atom stereocenters. The summed E-state index contributed by atoms with van der Waals surface area (Å²) in [6, 6.07) is 10.4. The van der Waals surface area contributed by atoms with Gasteiger partial charge >= 0.3 is 0 Å². The van der Waals surface area contributed by atoms with E-state index < -0.39 is 11.7 Å². The number of para-hydroxylation sites is 1. The molecule has 0 aliphatic heterocycles. The maximum Gasteiger partial charge on any atom is 0.296 e. The number of ketones is 1. The molecular weight excluding hydrogens is 415 g/mol. The molecule has 0 bridgehead atoms. The normalized spacial score (nSPS) is 11.0. The second kappa shape index (κ2) is 7.73. The van der Waals surface area contributed by atoms with Crippen LogP contribution in [0.1, 0.15) is 17.3 Å². The lowest BCUT2D eigenvalue weighted by molar-refractivity contribution is -0.112. The third kappa shape index (κ3) is 3.41. The molecule has 2 heterocycles. The fourth-order valence-corrected chi connectivity index (χ4v) is 3.55. The molecule has 0 spiro atoms. The van der Waals surface area contributed by atoms with Gasteiger partial charge in [-0.05, 0) is 25.1 Å². The molecule has 6 nitrogen and oxygen atoms in total. The van der Waals surface area contributed by atoms with Crippen LogP contribution in [0.3, 0.4) is 0 Å². The van der Waals surface area contributed by atoms with E-state index >= 15 is 0 Å². The van der Waals surface area contributed by atoms with Gasteiger partial charge < -0.3 is 14.5 Å². The summed E-state index contributed by atoms with van der Waals surface area (Å²) in [5.74, 6) is -1.14. The Morgan fingerprint density at radius 1 is 1.10 bits per heavy atom. The van der Waals surface area contributed by atoms with Crippen LogP contribution in [0, 0.1) is 0 Å². The minimum atomic E-state index is -0.879. The molecule has 0 atom stereocenters. The number of nitrogens with zero attached hydrogens (tertiary/aromatic N) is 1. The van der Waals surface area contributed by atoms with Crippen molar-refractivity contribution in [3.8, 4) is 5.75 Å². The molecule has 8 heteroatoms. The molecule has 1 N–H and O–H groups in total. The highest BCUT2D eigenvalue weighted by molar-refractivity contribution is 6.50. The number of anilines is 1. The second-order valence-electron chi connectivity index (χ2n) is 6.11. The molecule has 2 aromatic carbocycles. The van der Waals surface area contributed by atoms with Crippen molar-refractivity contribution in [1.82, 2.24) is 4.98 Å². The van der Waals surface area contributed by atoms with Gasteiger partial charge in [0.2, 0.25) is 0 Å². The number of nitrogens with one attached hydrogen (secondary N) is 1. The van der Waals surface area contributed by atoms with Gasteiger partial charge in [-0.15, -0.1) is 0 Å². The number of rotatable bonds is 5. The fourth-order valence-electron chi connectivity index (χ4n) is 3.09. The van der Waals surface area contributed by atoms with Gasteiger partial charge in [0.05, 0.1) is 22.3 Å². The van der Waals surface area contributed by atoms with Crippen molar-refractivity contribution in [3.63, 3.8) is 0 Å². The summed E-state index contributed by atoms with van der Waals surface area (Å²) < 4.78 is 11.5. The van der Waals surface area contributed by atoms with Crippen LogP contribution in [-0.2, 0) is 4.79 Å². The first-order valence-electron chi connectivity index (χ1n) is 8.73. The zero-order valence-electron chi connectivity index (χ0n) is 15.2. The van der Waals surface area contributed by atoms with Crippen LogP contribution in [0.4, 0.5) is 5.69 Å². The first-order chi connectivity index (χ1) is 14.0. The van der Waals surface area contributed by atoms with Gasteiger partial charge in [-0.25, -0.2) is 0 Å². The minimum absolute atomic E-state index is 0.126. The Kier molecular flexibility index (Phi) is 5.13. The van der Waals surface area contributed by atoms with Crippen LogP contribution < -0.4 is 10.1 Å². The van der Waals surface area contributed by atoms with Gasteiger partial charge in [0.1, 0.15) is 5.58 Å². The van der Waals surface area contributed by atoms with Crippen LogP contribution >= 0.6 is 23.2 Å². The van der Waals surface area contributed by atoms with E-state index in [1.165, 1.54) is 12.4 Å². The standard InChI is InChI=1S/C21H14Cl2N2O4/c1-2-28-16-8-7-12(17-11-5-3-4-6-15(11)29-20(16)17)19(26)21(27)25-18-13(22)9-24-10-14(18)23/h3-10H,2H2,1H3,(H,24,25,27). The Morgan fingerprint density at radius 3 is 2.55 bits per heavy atom. The lowest BCUT2D eigenvalue weighted by Gasteiger charge is -2.10. The smallest absolute Gasteiger partial charge is 0.296 e. The quantitative estimate of drug-likeness (QED) is 0.334. The van der Waals surface area contributed by atoms with E-state index in [2.05, 4.69) is 10.3 Å². The van der Waals surface area contributed by atoms with Crippen molar-refractivity contribution in [1.29, 1.82) is 0 Å². The fraction of sp³-hybridized carbons (Fsp3) is 0.0952. The highest BCUT2D eigenvalue weighted by atomic mass is 35.5. The lowest BCUT2D eigenvalue weighted by Crippen LogP contribution is -2.23. The predicted octanol–water partition coefficient (Wildman–Crippen LogP) is 5.51. The summed E-state index contributed by atoms with van der Waals surface area (Å²) in [5.41, 5.74) is 1.31. The Morgan fingerprint density at radius 2 is 1.83 bits per heavy atom. The van der Waals surface area contributed by atoms with E-state index in [-0.39, 0.29) is 21.3 Å². The summed E-state index contributed by atoms with van der Waals surface area (Å²) in [6.07, 6.45) is 2.65. The number of pyridine rings is 1. The van der Waals surface area contributed by atoms with Crippen LogP contribution in [-0.4, -0.2) is 23.3 Å². The summed E-state index contributed by atoms with van der Waals surface area (Å²) >= 11 is 12.1. The molecule has 4 aromatic rings. The topological polar surface area (TPSA) is 81.4 Å². The molecule has 0 fully saturated rings. The monoisotopic (exact) mass is 428 g/mol. The molecule has 0 saturated heterocycles. The molecule has 0 radical (unpaired) electrons. The van der Waals surface area contributed by atoms with Crippen molar-refractivity contribution < 1.29 is 18.7 Å². The molecule has 2 aromatic heterocycles. The summed E-state index contributed by atoms with van der Waals surface area (Å²) in [4.78, 5) is 29.5. The summed E-state index contributed by atoms with van der Waals surface area (Å²) in [5, 5.41) is 3.95. The number of ether oxygens (including phenoxy) is 1. The Hall–Kier alpha value is -3.09. The number of carbonyl (C=O) groups is 2. The highest BCUT2D eigenvalue weighted by Gasteiger charge is 2.25. The number of benzene rings is 2. The molecule has 1 amide bonds. The maximum absolute atomic E-state index is 13.0. The molecule has 0 saturated carbocycles. The van der Waals surface area contributed by atoms with Crippen molar-refractivity contribution in [2.75, 3.05) is 11.9 Å². The Labute approximate surface area is 175 Å². The predicted molar refractivity (Wildman–Crippen MR) is 112 cm³/mol. The van der Waals surface area contributed by atoms with Gasteiger partial charge in [0.25, 0.3) is 11.7 Å². The lowest BCUT2D eigenvalue weighted by atomic mass is 10.0. The zero-order chi connectivity index (χ0) is 20.5. The van der Waals surface area contributed by atoms with E-state index in [1.54, 1.807) is 18.2 Å². The number of fused-ring (bicyclic) bond motifs is 3. The van der Waals surface area contributed by atoms with Gasteiger partial charge in [-0.1, -0.05) is 41.4 Å². The first-order valence-corrected chi connectivity index (χ1v) is 9.48. The van der Waals surface area contributed by atoms with Gasteiger partial charge in [0.15, 0.2) is 11.3 Å². The number of amides is 1. The second-order valence-corrected chi connectivity index (χ2v) is 6.92. The third-order valence-electron chi connectivity index (χ3n) is 4.33. The first kappa shape index (κ1) is 19.2. The molecular formula is C21H14Cl2N2O4. The molecule has 29 heavy (non-hydrogen) atoms. The van der Waals surface area contributed by atoms with Crippen LogP contribution in [0.15, 0.2) is 53.2 Å². The Balaban J connectivity index is 1.82. The minimum Gasteiger partial charge on any atom is -0.490 e. The van der Waals surface area contributed by atoms with Crippen LogP contribution in [0.25, 0.3) is 21.9 Å². The number of hydrogen-bond acceptors (Lipinski definition) is 5. The van der Waals surface area contributed by atoms with Gasteiger partial charge in [-0.2, -0.15) is 0 Å². The van der Waals surface area contributed by atoms with Gasteiger partial charge in [0, 0.05) is 28.7 Å². The van der Waals surface area contributed by atoms with E-state index in [0.717, 1.165) is 0 Å². The van der Waals surface area contributed by atoms with Crippen LogP contribution in [0.2, 0.25) is 10.0 Å². The van der Waals surface area contributed by atoms with Gasteiger partial charge in [-0.3, -0.25) is 14.6 Å². The largest absolute Gasteiger partial charge is 0.490 e. The summed E-state index contributed by atoms with van der Waals surface area (Å²) in [7, 11) is 0. The van der Waals surface area contributed by atoms with E-state index in [1.807, 2.05) is 25.1 Å². The average molecular weight is 429 g/mol. The Bertz CT molecular complexity index is 1250. The SMILES string of the molecule is CCOc1ccc(C(=O)C(=O)Nc2c(Cl)cncc2Cl)c2c1oc1ccccc12. The number of Topliss-reactive ketones (excluding diaryl/α,β-unsaturated/α-hetero) is 1. The number of hydrogen-bond donors (Lipinski definition) is 1. The van der Waals surface area contributed by atoms with Crippen LogP contribution in [0.5, 0.6) is 5.75 Å². The number of carbonyl (C=O) groups excluding carboxylic acids is 2. The van der Waals surface area contributed by atoms with E-state index in [9.17, 15) is 9.59 Å². The highest BCUT2D eigenvalue weighted by Crippen LogP contribution is 2.37. The average Bonchev–Trinajstić information content (AvgIpc) is 3.11. The molecule has 4 rings (SSSR count). The summed E-state index contributed by atoms with van der Waals surface area (Å²) in [6.45, 7) is 2.28. The van der Waals surface area contributed by atoms with Crippen molar-refractivity contribution in [2.45, 2.75) is 6.92 Å². The molecule has 0 aliphatic carbocycles. The number of aromatic nitrogens is 1. The molecule has 0 aliphatic rings. The van der Waals surface area contributed by atoms with E-state index in [4.69, 9.17) is 32.4 Å². The zero-order valence-corrected chi connectivity index (χ0v) is 16.7. The number of halogens is 2. The van der Waals surface area contributed by atoms with Crippen molar-refractivity contribution in [3.05, 3.63) is 64.4 Å². The third-order valence-corrected chi connectivity index (χ3v) is 4.91. The molecule has 146 valence electrons. The maximum atomic E-state index is 13.0. The van der Waals surface area contributed by atoms with E-state index in [0.29, 0.717) is 34.3 Å². The van der Waals surface area contributed by atoms with Crippen molar-refractivity contribution >= 4 is 62.5 Å². The van der Waals surface area contributed by atoms with Crippen molar-refractivity contribution in [2.24, 2.45) is 0 Å². The number of furan rings is 1.